The van der Waals surface area contributed by atoms with Crippen LogP contribution in [0.4, 0.5) is 5.82 Å². The Morgan fingerprint density at radius 2 is 2.13 bits per heavy atom. The highest BCUT2D eigenvalue weighted by Gasteiger charge is 2.48. The number of rotatable bonds is 2. The molecule has 0 bridgehead atoms. The van der Waals surface area contributed by atoms with E-state index in [1.54, 1.807) is 19.4 Å². The van der Waals surface area contributed by atoms with Crippen LogP contribution in [0.15, 0.2) is 18.3 Å². The lowest BCUT2D eigenvalue weighted by Gasteiger charge is -2.47. The van der Waals surface area contributed by atoms with Gasteiger partial charge in [-0.05, 0) is 31.4 Å². The van der Waals surface area contributed by atoms with Gasteiger partial charge in [-0.15, -0.1) is 0 Å². The highest BCUT2D eigenvalue weighted by Crippen LogP contribution is 2.41. The zero-order valence-electron chi connectivity index (χ0n) is 13.7. The first-order valence-electron chi connectivity index (χ1n) is 7.97. The molecule has 1 unspecified atom stereocenters. The molecule has 23 heavy (non-hydrogen) atoms. The van der Waals surface area contributed by atoms with Gasteiger partial charge in [-0.25, -0.2) is 4.98 Å². The second-order valence-electron chi connectivity index (χ2n) is 6.53. The Morgan fingerprint density at radius 1 is 1.39 bits per heavy atom. The van der Waals surface area contributed by atoms with Crippen LogP contribution in [0.25, 0.3) is 0 Å². The van der Waals surface area contributed by atoms with Gasteiger partial charge < -0.3 is 14.5 Å². The maximum atomic E-state index is 12.7. The predicted molar refractivity (Wildman–Crippen MR) is 85.9 cm³/mol. The van der Waals surface area contributed by atoms with Gasteiger partial charge >= 0.3 is 0 Å². The third kappa shape index (κ3) is 2.89. The summed E-state index contributed by atoms with van der Waals surface area (Å²) in [5, 5.41) is 8.85. The van der Waals surface area contributed by atoms with Crippen molar-refractivity contribution in [1.82, 2.24) is 9.88 Å². The Labute approximate surface area is 136 Å². The van der Waals surface area contributed by atoms with Crippen molar-refractivity contribution in [2.75, 3.05) is 38.7 Å². The number of carbonyl (C=O) groups excluding carboxylic acids is 1. The molecule has 2 aliphatic heterocycles. The van der Waals surface area contributed by atoms with Crippen LogP contribution >= 0.6 is 0 Å². The van der Waals surface area contributed by atoms with E-state index >= 15 is 0 Å². The average Bonchev–Trinajstić information content (AvgIpc) is 2.60. The smallest absolute Gasteiger partial charge is 0.228 e. The number of piperidine rings is 2. The summed E-state index contributed by atoms with van der Waals surface area (Å²) in [5.74, 6) is 1.12. The number of nitrogens with zero attached hydrogens (tertiary/aromatic N) is 4. The Bertz CT molecular complexity index is 614. The van der Waals surface area contributed by atoms with Gasteiger partial charge in [-0.1, -0.05) is 0 Å². The summed E-state index contributed by atoms with van der Waals surface area (Å²) in [5.41, 5.74) is 0.269. The Hall–Kier alpha value is -2.13. The molecular formula is C17H22N4O2. The fraction of sp³-hybridized carbons (Fsp3) is 0.588. The molecule has 2 saturated heterocycles. The minimum atomic E-state index is -0.295. The van der Waals surface area contributed by atoms with Crippen LogP contribution in [0.3, 0.4) is 0 Å². The largest absolute Gasteiger partial charge is 0.380 e. The second kappa shape index (κ2) is 6.17. The topological polar surface area (TPSA) is 69.5 Å². The van der Waals surface area contributed by atoms with Crippen molar-refractivity contribution in [2.24, 2.45) is 5.41 Å². The van der Waals surface area contributed by atoms with E-state index in [0.717, 1.165) is 38.2 Å². The molecule has 6 nitrogen and oxygen atoms in total. The zero-order chi connectivity index (χ0) is 16.4. The molecule has 2 fully saturated rings. The van der Waals surface area contributed by atoms with E-state index in [-0.39, 0.29) is 17.4 Å². The molecule has 0 radical (unpaired) electrons. The van der Waals surface area contributed by atoms with Crippen LogP contribution < -0.4 is 4.90 Å². The predicted octanol–water partition coefficient (Wildman–Crippen LogP) is 1.42. The van der Waals surface area contributed by atoms with Crippen molar-refractivity contribution in [3.63, 3.8) is 0 Å². The highest BCUT2D eigenvalue weighted by atomic mass is 16.5. The number of methoxy groups -OCH3 is 1. The van der Waals surface area contributed by atoms with Crippen molar-refractivity contribution in [3.05, 3.63) is 23.9 Å². The molecular weight excluding hydrogens is 292 g/mol. The van der Waals surface area contributed by atoms with E-state index < -0.39 is 0 Å². The molecule has 1 amide bonds. The minimum absolute atomic E-state index is 0.122. The number of aromatic nitrogens is 1. The number of pyridine rings is 1. The van der Waals surface area contributed by atoms with Gasteiger partial charge in [0, 0.05) is 40.0 Å². The summed E-state index contributed by atoms with van der Waals surface area (Å²) in [6, 6.07) is 5.74. The van der Waals surface area contributed by atoms with Gasteiger partial charge in [0.25, 0.3) is 0 Å². The summed E-state index contributed by atoms with van der Waals surface area (Å²) in [6.45, 7) is 2.28. The zero-order valence-corrected chi connectivity index (χ0v) is 13.7. The summed E-state index contributed by atoms with van der Waals surface area (Å²) < 4.78 is 5.52. The number of hydrogen-bond donors (Lipinski definition) is 0. The molecule has 3 heterocycles. The number of amides is 1. The first-order chi connectivity index (χ1) is 11.1. The van der Waals surface area contributed by atoms with Crippen molar-refractivity contribution < 1.29 is 9.53 Å². The molecule has 0 aliphatic carbocycles. The molecule has 1 spiro atoms. The minimum Gasteiger partial charge on any atom is -0.380 e. The molecule has 6 heteroatoms. The van der Waals surface area contributed by atoms with Crippen LogP contribution in [0.2, 0.25) is 0 Å². The number of carbonyl (C=O) groups is 1. The SMILES string of the molecule is COC1CN(C)C(=O)C2(CCN(c3ccc(C#N)cn3)CC2)C1. The molecule has 2 aliphatic rings. The summed E-state index contributed by atoms with van der Waals surface area (Å²) in [4.78, 5) is 21.0. The van der Waals surface area contributed by atoms with Crippen LogP contribution in [-0.2, 0) is 9.53 Å². The Balaban J connectivity index is 1.71. The molecule has 1 aromatic heterocycles. The van der Waals surface area contributed by atoms with Gasteiger partial charge in [0.1, 0.15) is 11.9 Å². The number of nitriles is 1. The van der Waals surface area contributed by atoms with E-state index in [4.69, 9.17) is 10.00 Å². The highest BCUT2D eigenvalue weighted by molar-refractivity contribution is 5.83. The molecule has 0 saturated carbocycles. The lowest BCUT2D eigenvalue weighted by Crippen LogP contribution is -2.56. The molecule has 0 aromatic carbocycles. The number of likely N-dealkylation sites (tertiary alicyclic amines) is 1. The standard InChI is InChI=1S/C17H22N4O2/c1-20-12-14(23-2)9-17(16(20)22)5-7-21(8-6-17)15-4-3-13(10-18)11-19-15/h3-4,11,14H,5-9,12H2,1-2H3. The normalized spacial score (nSPS) is 23.9. The summed E-state index contributed by atoms with van der Waals surface area (Å²) in [7, 11) is 3.58. The number of anilines is 1. The van der Waals surface area contributed by atoms with Crippen LogP contribution in [-0.4, -0.2) is 55.7 Å². The van der Waals surface area contributed by atoms with Crippen LogP contribution in [0, 0.1) is 16.7 Å². The molecule has 1 aromatic rings. The summed E-state index contributed by atoms with van der Waals surface area (Å²) >= 11 is 0. The van der Waals surface area contributed by atoms with Crippen molar-refractivity contribution in [2.45, 2.75) is 25.4 Å². The molecule has 0 N–H and O–H groups in total. The fourth-order valence-corrected chi connectivity index (χ4v) is 3.76. The Morgan fingerprint density at radius 3 is 2.70 bits per heavy atom. The third-order valence-corrected chi connectivity index (χ3v) is 5.15. The molecule has 3 rings (SSSR count). The van der Waals surface area contributed by atoms with Gasteiger partial charge in [0.2, 0.25) is 5.91 Å². The van der Waals surface area contributed by atoms with Crippen LogP contribution in [0.5, 0.6) is 0 Å². The number of hydrogen-bond acceptors (Lipinski definition) is 5. The lowest BCUT2D eigenvalue weighted by atomic mass is 9.71. The first kappa shape index (κ1) is 15.8. The quantitative estimate of drug-likeness (QED) is 0.825. The number of ether oxygens (including phenoxy) is 1. The van der Waals surface area contributed by atoms with Crippen molar-refractivity contribution in [3.8, 4) is 6.07 Å². The monoisotopic (exact) mass is 314 g/mol. The fourth-order valence-electron chi connectivity index (χ4n) is 3.76. The maximum Gasteiger partial charge on any atom is 0.228 e. The van der Waals surface area contributed by atoms with Gasteiger partial charge in [-0.3, -0.25) is 4.79 Å². The van der Waals surface area contributed by atoms with E-state index in [0.29, 0.717) is 12.1 Å². The third-order valence-electron chi connectivity index (χ3n) is 5.15. The van der Waals surface area contributed by atoms with E-state index in [1.165, 1.54) is 0 Å². The van der Waals surface area contributed by atoms with Crippen molar-refractivity contribution >= 4 is 11.7 Å². The van der Waals surface area contributed by atoms with Crippen molar-refractivity contribution in [1.29, 1.82) is 5.26 Å². The van der Waals surface area contributed by atoms with Gasteiger partial charge in [0.05, 0.1) is 17.1 Å². The maximum absolute atomic E-state index is 12.7. The summed E-state index contributed by atoms with van der Waals surface area (Å²) in [6.07, 6.45) is 4.16. The van der Waals surface area contributed by atoms with Gasteiger partial charge in [-0.2, -0.15) is 5.26 Å². The molecule has 1 atom stereocenters. The number of likely N-dealkylation sites (N-methyl/N-ethyl adjacent to an activating group) is 1. The van der Waals surface area contributed by atoms with E-state index in [2.05, 4.69) is 16.0 Å². The van der Waals surface area contributed by atoms with E-state index in [9.17, 15) is 4.79 Å². The average molecular weight is 314 g/mol. The Kier molecular flexibility index (Phi) is 4.22. The van der Waals surface area contributed by atoms with Gasteiger partial charge in [0.15, 0.2) is 0 Å². The first-order valence-corrected chi connectivity index (χ1v) is 7.97. The molecule has 122 valence electrons. The van der Waals surface area contributed by atoms with Crippen LogP contribution in [0.1, 0.15) is 24.8 Å². The van der Waals surface area contributed by atoms with E-state index in [1.807, 2.05) is 18.0 Å². The lowest BCUT2D eigenvalue weighted by molar-refractivity contribution is -0.153. The second-order valence-corrected chi connectivity index (χ2v) is 6.53.